The van der Waals surface area contributed by atoms with Crippen LogP contribution in [0.3, 0.4) is 0 Å². The number of aliphatic hydroxyl groups is 1. The summed E-state index contributed by atoms with van der Waals surface area (Å²) < 4.78 is 11.2. The summed E-state index contributed by atoms with van der Waals surface area (Å²) in [6.45, 7) is 1.63. The molecule has 0 saturated carbocycles. The van der Waals surface area contributed by atoms with Crippen molar-refractivity contribution in [3.8, 4) is 16.9 Å². The molecule has 1 aromatic heterocycles. The van der Waals surface area contributed by atoms with Gasteiger partial charge in [-0.05, 0) is 17.7 Å². The van der Waals surface area contributed by atoms with Gasteiger partial charge in [0.1, 0.15) is 11.3 Å². The fraction of sp³-hybridized carbons (Fsp3) is 0.286. The second kappa shape index (κ2) is 7.42. The minimum Gasteiger partial charge on any atom is -0.497 e. The number of methoxy groups -OCH3 is 1. The third-order valence-corrected chi connectivity index (χ3v) is 4.99. The monoisotopic (exact) mass is 366 g/mol. The third kappa shape index (κ3) is 3.41. The Balaban J connectivity index is 1.71. The van der Waals surface area contributed by atoms with Gasteiger partial charge < -0.3 is 24.9 Å². The molecule has 0 aliphatic carbocycles. The zero-order valence-electron chi connectivity index (χ0n) is 15.1. The lowest BCUT2D eigenvalue weighted by Crippen LogP contribution is -2.34. The van der Waals surface area contributed by atoms with E-state index in [1.54, 1.807) is 13.2 Å². The van der Waals surface area contributed by atoms with E-state index in [1.807, 2.05) is 42.5 Å². The van der Waals surface area contributed by atoms with Crippen LogP contribution in [0.5, 0.6) is 5.75 Å². The lowest BCUT2D eigenvalue weighted by atomic mass is 10.0. The highest BCUT2D eigenvalue weighted by atomic mass is 16.5. The van der Waals surface area contributed by atoms with Gasteiger partial charge in [-0.2, -0.15) is 0 Å². The number of fused-ring (bicyclic) bond motifs is 1. The maximum Gasteiger partial charge on any atom is 0.287 e. The second-order valence-corrected chi connectivity index (χ2v) is 6.73. The first-order valence-electron chi connectivity index (χ1n) is 9.00. The molecule has 1 saturated heterocycles. The van der Waals surface area contributed by atoms with Crippen LogP contribution in [0, 0.1) is 5.92 Å². The topological polar surface area (TPSA) is 83.7 Å². The van der Waals surface area contributed by atoms with E-state index in [0.717, 1.165) is 16.5 Å². The predicted octanol–water partition coefficient (Wildman–Crippen LogP) is 2.42. The average Bonchev–Trinajstić information content (AvgIpc) is 3.29. The van der Waals surface area contributed by atoms with Crippen molar-refractivity contribution < 1.29 is 19.1 Å². The zero-order chi connectivity index (χ0) is 18.8. The van der Waals surface area contributed by atoms with E-state index in [1.165, 1.54) is 0 Å². The molecule has 1 aliphatic heterocycles. The molecule has 27 heavy (non-hydrogen) atoms. The summed E-state index contributed by atoms with van der Waals surface area (Å²) >= 11 is 0. The molecule has 6 heteroatoms. The van der Waals surface area contributed by atoms with Gasteiger partial charge in [-0.3, -0.25) is 4.79 Å². The van der Waals surface area contributed by atoms with E-state index in [0.29, 0.717) is 31.0 Å². The number of nitrogens with one attached hydrogen (secondary N) is 2. The number of rotatable bonds is 5. The number of aliphatic hydroxyl groups excluding tert-OH is 1. The van der Waals surface area contributed by atoms with E-state index >= 15 is 0 Å². The highest BCUT2D eigenvalue weighted by molar-refractivity contribution is 6.08. The molecular formula is C21H22N2O4. The molecule has 3 aromatic rings. The second-order valence-electron chi connectivity index (χ2n) is 6.73. The first kappa shape index (κ1) is 17.6. The average molecular weight is 366 g/mol. The van der Waals surface area contributed by atoms with E-state index in [9.17, 15) is 9.90 Å². The van der Waals surface area contributed by atoms with Crippen LogP contribution in [0.4, 0.5) is 0 Å². The highest BCUT2D eigenvalue weighted by Gasteiger charge is 2.27. The van der Waals surface area contributed by atoms with Crippen LogP contribution in [-0.4, -0.2) is 43.9 Å². The number of amides is 1. The first-order chi connectivity index (χ1) is 13.2. The quantitative estimate of drug-likeness (QED) is 0.646. The lowest BCUT2D eigenvalue weighted by molar-refractivity contribution is 0.0903. The summed E-state index contributed by atoms with van der Waals surface area (Å²) in [6.07, 6.45) is -0.446. The predicted molar refractivity (Wildman–Crippen MR) is 103 cm³/mol. The maximum atomic E-state index is 12.9. The maximum absolute atomic E-state index is 12.9. The van der Waals surface area contributed by atoms with Crippen molar-refractivity contribution in [3.05, 3.63) is 54.3 Å². The van der Waals surface area contributed by atoms with Gasteiger partial charge in [-0.25, -0.2) is 0 Å². The molecule has 0 spiro atoms. The van der Waals surface area contributed by atoms with Gasteiger partial charge in [0.15, 0.2) is 0 Å². The molecule has 2 aromatic carbocycles. The fourth-order valence-corrected chi connectivity index (χ4v) is 3.49. The third-order valence-electron chi connectivity index (χ3n) is 4.99. The van der Waals surface area contributed by atoms with Crippen LogP contribution in [0.1, 0.15) is 10.6 Å². The van der Waals surface area contributed by atoms with E-state index in [2.05, 4.69) is 10.6 Å². The van der Waals surface area contributed by atoms with Crippen LogP contribution in [0.2, 0.25) is 0 Å². The van der Waals surface area contributed by atoms with Crippen molar-refractivity contribution in [1.29, 1.82) is 0 Å². The molecule has 140 valence electrons. The van der Waals surface area contributed by atoms with Crippen LogP contribution < -0.4 is 15.4 Å². The summed E-state index contributed by atoms with van der Waals surface area (Å²) in [6, 6.07) is 15.2. The Hall–Kier alpha value is -2.83. The summed E-state index contributed by atoms with van der Waals surface area (Å²) in [5.41, 5.74) is 2.27. The lowest BCUT2D eigenvalue weighted by Gasteiger charge is -2.13. The number of hydrogen-bond acceptors (Lipinski definition) is 5. The van der Waals surface area contributed by atoms with Crippen LogP contribution >= 0.6 is 0 Å². The SMILES string of the molecule is COc1ccc2c(-c3ccccc3)c(C(=O)NCC3CNCC3O)oc2c1. The number of β-amino-alcohol motifs (C(OH)–C–C–N with tert-alkyl or cyclic N) is 1. The van der Waals surface area contributed by atoms with Crippen molar-refractivity contribution in [3.63, 3.8) is 0 Å². The number of carbonyl (C=O) groups excluding carboxylic acids is 1. The Labute approximate surface area is 157 Å². The smallest absolute Gasteiger partial charge is 0.287 e. The molecule has 1 aliphatic rings. The van der Waals surface area contributed by atoms with Crippen molar-refractivity contribution >= 4 is 16.9 Å². The molecule has 3 N–H and O–H groups in total. The van der Waals surface area contributed by atoms with E-state index in [4.69, 9.17) is 9.15 Å². The van der Waals surface area contributed by atoms with Gasteiger partial charge in [-0.1, -0.05) is 30.3 Å². The molecule has 0 radical (unpaired) electrons. The number of carbonyl (C=O) groups is 1. The summed E-state index contributed by atoms with van der Waals surface area (Å²) in [4.78, 5) is 12.9. The molecule has 0 bridgehead atoms. The Bertz CT molecular complexity index is 951. The van der Waals surface area contributed by atoms with Gasteiger partial charge in [-0.15, -0.1) is 0 Å². The first-order valence-corrected chi connectivity index (χ1v) is 9.00. The van der Waals surface area contributed by atoms with Crippen molar-refractivity contribution in [2.75, 3.05) is 26.7 Å². The van der Waals surface area contributed by atoms with Gasteiger partial charge in [0.25, 0.3) is 5.91 Å². The van der Waals surface area contributed by atoms with Gasteiger partial charge in [0.05, 0.1) is 13.2 Å². The Morgan fingerprint density at radius 1 is 1.26 bits per heavy atom. The molecule has 4 rings (SSSR count). The highest BCUT2D eigenvalue weighted by Crippen LogP contribution is 2.36. The number of furan rings is 1. The number of ether oxygens (including phenoxy) is 1. The minimum atomic E-state index is -0.446. The van der Waals surface area contributed by atoms with Crippen molar-refractivity contribution in [1.82, 2.24) is 10.6 Å². The van der Waals surface area contributed by atoms with Crippen LogP contribution in [0.15, 0.2) is 52.9 Å². The largest absolute Gasteiger partial charge is 0.497 e. The fourth-order valence-electron chi connectivity index (χ4n) is 3.49. The summed E-state index contributed by atoms with van der Waals surface area (Å²) in [7, 11) is 1.59. The standard InChI is InChI=1S/C21H22N2O4/c1-26-15-7-8-16-18(9-15)27-20(19(16)13-5-3-2-4-6-13)21(25)23-11-14-10-22-12-17(14)24/h2-9,14,17,22,24H,10-12H2,1H3,(H,23,25). The normalized spacial score (nSPS) is 19.3. The Kier molecular flexibility index (Phi) is 4.83. The molecule has 6 nitrogen and oxygen atoms in total. The number of benzene rings is 2. The minimum absolute atomic E-state index is 0.00130. The number of hydrogen-bond donors (Lipinski definition) is 3. The molecule has 1 fully saturated rings. The van der Waals surface area contributed by atoms with E-state index < -0.39 is 6.10 Å². The molecule has 1 amide bonds. The zero-order valence-corrected chi connectivity index (χ0v) is 15.1. The Morgan fingerprint density at radius 2 is 2.07 bits per heavy atom. The van der Waals surface area contributed by atoms with Crippen LogP contribution in [0.25, 0.3) is 22.1 Å². The van der Waals surface area contributed by atoms with E-state index in [-0.39, 0.29) is 17.6 Å². The van der Waals surface area contributed by atoms with Gasteiger partial charge >= 0.3 is 0 Å². The van der Waals surface area contributed by atoms with Gasteiger partial charge in [0, 0.05) is 42.6 Å². The summed E-state index contributed by atoms with van der Waals surface area (Å²) in [5.74, 6) is 0.648. The van der Waals surface area contributed by atoms with Crippen molar-refractivity contribution in [2.45, 2.75) is 6.10 Å². The van der Waals surface area contributed by atoms with Crippen LogP contribution in [-0.2, 0) is 0 Å². The molecular weight excluding hydrogens is 344 g/mol. The van der Waals surface area contributed by atoms with Crippen molar-refractivity contribution in [2.24, 2.45) is 5.92 Å². The molecule has 2 unspecified atom stereocenters. The summed E-state index contributed by atoms with van der Waals surface area (Å²) in [5, 5.41) is 16.8. The molecule has 2 heterocycles. The Morgan fingerprint density at radius 3 is 2.78 bits per heavy atom. The van der Waals surface area contributed by atoms with Gasteiger partial charge in [0.2, 0.25) is 5.76 Å². The molecule has 2 atom stereocenters.